The number of nitrogens with one attached hydrogen (secondary N) is 1. The van der Waals surface area contributed by atoms with Gasteiger partial charge in [0.05, 0.1) is 11.3 Å². The highest BCUT2D eigenvalue weighted by atomic mass is 32.1. The van der Waals surface area contributed by atoms with E-state index >= 15 is 0 Å². The zero-order valence-corrected chi connectivity index (χ0v) is 13.9. The van der Waals surface area contributed by atoms with Gasteiger partial charge in [-0.25, -0.2) is 4.98 Å². The number of hydrogen-bond donors (Lipinski definition) is 1. The van der Waals surface area contributed by atoms with Crippen LogP contribution >= 0.6 is 11.3 Å². The number of anilines is 1. The Kier molecular flexibility index (Phi) is 4.59. The lowest BCUT2D eigenvalue weighted by molar-refractivity contribution is -0.137. The highest BCUT2D eigenvalue weighted by molar-refractivity contribution is 7.13. The summed E-state index contributed by atoms with van der Waals surface area (Å²) in [6, 6.07) is 11.5. The molecule has 0 unspecified atom stereocenters. The van der Waals surface area contributed by atoms with Crippen LogP contribution in [0, 0.1) is 6.92 Å². The molecule has 0 aliphatic heterocycles. The molecule has 3 nitrogen and oxygen atoms in total. The van der Waals surface area contributed by atoms with Crippen LogP contribution < -0.4 is 5.32 Å². The van der Waals surface area contributed by atoms with E-state index in [9.17, 15) is 18.0 Å². The van der Waals surface area contributed by atoms with Crippen molar-refractivity contribution in [2.45, 2.75) is 13.1 Å². The van der Waals surface area contributed by atoms with E-state index in [1.54, 1.807) is 24.3 Å². The maximum Gasteiger partial charge on any atom is 0.416 e. The quantitative estimate of drug-likeness (QED) is 0.679. The van der Waals surface area contributed by atoms with Gasteiger partial charge in [-0.05, 0) is 36.2 Å². The van der Waals surface area contributed by atoms with Crippen molar-refractivity contribution in [2.24, 2.45) is 0 Å². The summed E-state index contributed by atoms with van der Waals surface area (Å²) in [5, 5.41) is 5.01. The summed E-state index contributed by atoms with van der Waals surface area (Å²) in [6.07, 6.45) is -4.39. The van der Waals surface area contributed by atoms with E-state index in [1.807, 2.05) is 12.3 Å². The molecule has 0 spiro atoms. The third-order valence-electron chi connectivity index (χ3n) is 3.53. The molecule has 0 atom stereocenters. The minimum Gasteiger partial charge on any atom is -0.298 e. The Morgan fingerprint density at radius 2 is 1.76 bits per heavy atom. The molecule has 1 N–H and O–H groups in total. The van der Waals surface area contributed by atoms with Crippen molar-refractivity contribution in [3.8, 4) is 11.1 Å². The van der Waals surface area contributed by atoms with Crippen LogP contribution in [0.15, 0.2) is 53.9 Å². The number of carbonyl (C=O) groups is 1. The number of carbonyl (C=O) groups excluding carboxylic acids is 1. The number of nitrogens with zero attached hydrogens (tertiary/aromatic N) is 1. The first-order valence-corrected chi connectivity index (χ1v) is 8.23. The Labute approximate surface area is 146 Å². The van der Waals surface area contributed by atoms with Gasteiger partial charge in [-0.3, -0.25) is 10.1 Å². The fraction of sp³-hybridized carbons (Fsp3) is 0.111. The number of rotatable bonds is 3. The first kappa shape index (κ1) is 17.2. The standard InChI is InChI=1S/C18H13F3N2OS/c1-11-10-25-17(22-11)23-16(24)15-5-3-2-4-14(15)12-6-8-13(9-7-12)18(19,20)21/h2-10H,1H3,(H,22,23,24). The second-order valence-corrected chi connectivity index (χ2v) is 6.23. The largest absolute Gasteiger partial charge is 0.416 e. The molecule has 2 aromatic carbocycles. The normalized spacial score (nSPS) is 11.4. The van der Waals surface area contributed by atoms with Gasteiger partial charge in [0.25, 0.3) is 5.91 Å². The SMILES string of the molecule is Cc1csc(NC(=O)c2ccccc2-c2ccc(C(F)(F)F)cc2)n1. The van der Waals surface area contributed by atoms with Gasteiger partial charge in [0, 0.05) is 10.9 Å². The Balaban J connectivity index is 1.91. The highest BCUT2D eigenvalue weighted by Gasteiger charge is 2.30. The molecule has 1 heterocycles. The summed E-state index contributed by atoms with van der Waals surface area (Å²) in [5.74, 6) is -0.357. The third-order valence-corrected chi connectivity index (χ3v) is 4.41. The number of aromatic nitrogens is 1. The molecule has 0 aliphatic rings. The highest BCUT2D eigenvalue weighted by Crippen LogP contribution is 2.32. The van der Waals surface area contributed by atoms with Gasteiger partial charge < -0.3 is 0 Å². The maximum absolute atomic E-state index is 12.7. The minimum absolute atomic E-state index is 0.357. The van der Waals surface area contributed by atoms with Crippen LogP contribution in [-0.4, -0.2) is 10.9 Å². The third kappa shape index (κ3) is 3.88. The Morgan fingerprint density at radius 3 is 2.36 bits per heavy atom. The Morgan fingerprint density at radius 1 is 1.08 bits per heavy atom. The van der Waals surface area contributed by atoms with Crippen LogP contribution in [0.5, 0.6) is 0 Å². The monoisotopic (exact) mass is 362 g/mol. The second-order valence-electron chi connectivity index (χ2n) is 5.37. The van der Waals surface area contributed by atoms with Crippen molar-refractivity contribution in [2.75, 3.05) is 5.32 Å². The van der Waals surface area contributed by atoms with Crippen LogP contribution in [0.3, 0.4) is 0 Å². The lowest BCUT2D eigenvalue weighted by atomic mass is 9.98. The molecular weight excluding hydrogens is 349 g/mol. The molecule has 3 aromatic rings. The van der Waals surface area contributed by atoms with Gasteiger partial charge in [-0.15, -0.1) is 11.3 Å². The van der Waals surface area contributed by atoms with E-state index in [0.29, 0.717) is 21.8 Å². The van der Waals surface area contributed by atoms with Crippen LogP contribution in [0.4, 0.5) is 18.3 Å². The molecule has 0 saturated heterocycles. The maximum atomic E-state index is 12.7. The van der Waals surface area contributed by atoms with Gasteiger partial charge in [-0.1, -0.05) is 30.3 Å². The number of hydrogen-bond acceptors (Lipinski definition) is 3. The minimum atomic E-state index is -4.39. The molecule has 7 heteroatoms. The van der Waals surface area contributed by atoms with E-state index in [1.165, 1.54) is 23.5 Å². The lowest BCUT2D eigenvalue weighted by Gasteiger charge is -2.11. The predicted molar refractivity (Wildman–Crippen MR) is 91.7 cm³/mol. The number of alkyl halides is 3. The second kappa shape index (κ2) is 6.68. The van der Waals surface area contributed by atoms with Crippen LogP contribution in [-0.2, 0) is 6.18 Å². The van der Waals surface area contributed by atoms with E-state index in [4.69, 9.17) is 0 Å². The molecule has 0 saturated carbocycles. The van der Waals surface area contributed by atoms with Gasteiger partial charge in [0.2, 0.25) is 0 Å². The molecule has 0 bridgehead atoms. The van der Waals surface area contributed by atoms with Crippen molar-refractivity contribution in [3.05, 3.63) is 70.7 Å². The van der Waals surface area contributed by atoms with Crippen molar-refractivity contribution >= 4 is 22.4 Å². The van der Waals surface area contributed by atoms with E-state index in [0.717, 1.165) is 17.8 Å². The zero-order valence-electron chi connectivity index (χ0n) is 13.1. The summed E-state index contributed by atoms with van der Waals surface area (Å²) < 4.78 is 38.1. The molecule has 1 aromatic heterocycles. The molecule has 0 aliphatic carbocycles. The number of amides is 1. The summed E-state index contributed by atoms with van der Waals surface area (Å²) in [7, 11) is 0. The van der Waals surface area contributed by atoms with E-state index in [2.05, 4.69) is 10.3 Å². The smallest absolute Gasteiger partial charge is 0.298 e. The summed E-state index contributed by atoms with van der Waals surface area (Å²) in [5.41, 5.74) is 1.54. The fourth-order valence-electron chi connectivity index (χ4n) is 2.35. The number of thiazole rings is 1. The number of aryl methyl sites for hydroxylation is 1. The molecule has 0 radical (unpaired) electrons. The molecule has 1 amide bonds. The van der Waals surface area contributed by atoms with Crippen LogP contribution in [0.2, 0.25) is 0 Å². The number of halogens is 3. The average Bonchev–Trinajstić information content (AvgIpc) is 2.99. The molecular formula is C18H13F3N2OS. The van der Waals surface area contributed by atoms with Crippen molar-refractivity contribution in [1.82, 2.24) is 4.98 Å². The summed E-state index contributed by atoms with van der Waals surface area (Å²) in [4.78, 5) is 16.7. The fourth-order valence-corrected chi connectivity index (χ4v) is 3.03. The Bertz CT molecular complexity index is 901. The van der Waals surface area contributed by atoms with Gasteiger partial charge >= 0.3 is 6.18 Å². The molecule has 128 valence electrons. The van der Waals surface area contributed by atoms with Crippen LogP contribution in [0.25, 0.3) is 11.1 Å². The van der Waals surface area contributed by atoms with Gasteiger partial charge in [0.1, 0.15) is 0 Å². The lowest BCUT2D eigenvalue weighted by Crippen LogP contribution is -2.13. The molecule has 0 fully saturated rings. The van der Waals surface area contributed by atoms with Crippen molar-refractivity contribution < 1.29 is 18.0 Å². The first-order valence-electron chi connectivity index (χ1n) is 7.35. The van der Waals surface area contributed by atoms with Gasteiger partial charge in [-0.2, -0.15) is 13.2 Å². The molecule has 25 heavy (non-hydrogen) atoms. The van der Waals surface area contributed by atoms with Crippen molar-refractivity contribution in [1.29, 1.82) is 0 Å². The average molecular weight is 362 g/mol. The zero-order chi connectivity index (χ0) is 18.0. The first-order chi connectivity index (χ1) is 11.8. The van der Waals surface area contributed by atoms with Crippen molar-refractivity contribution in [3.63, 3.8) is 0 Å². The predicted octanol–water partition coefficient (Wildman–Crippen LogP) is 5.39. The topological polar surface area (TPSA) is 42.0 Å². The Hall–Kier alpha value is -2.67. The van der Waals surface area contributed by atoms with Crippen LogP contribution in [0.1, 0.15) is 21.6 Å². The van der Waals surface area contributed by atoms with E-state index < -0.39 is 11.7 Å². The number of benzene rings is 2. The summed E-state index contributed by atoms with van der Waals surface area (Å²) >= 11 is 1.31. The summed E-state index contributed by atoms with van der Waals surface area (Å²) in [6.45, 7) is 1.82. The van der Waals surface area contributed by atoms with E-state index in [-0.39, 0.29) is 5.91 Å². The van der Waals surface area contributed by atoms with Gasteiger partial charge in [0.15, 0.2) is 5.13 Å². The molecule has 3 rings (SSSR count).